The Morgan fingerprint density at radius 2 is 2.10 bits per heavy atom. The van der Waals surface area contributed by atoms with Gasteiger partial charge < -0.3 is 25.0 Å². The van der Waals surface area contributed by atoms with Crippen LogP contribution in [-0.2, 0) is 6.54 Å². The van der Waals surface area contributed by atoms with Crippen LogP contribution >= 0.6 is 24.0 Å². The number of hydrogen-bond acceptors (Lipinski definition) is 5. The summed E-state index contributed by atoms with van der Waals surface area (Å²) in [5.41, 5.74) is 1.56. The molecule has 1 fully saturated rings. The molecule has 1 aliphatic heterocycles. The zero-order valence-corrected chi connectivity index (χ0v) is 19.9. The van der Waals surface area contributed by atoms with Crippen molar-refractivity contribution in [2.24, 2.45) is 4.99 Å². The molecule has 10 heteroatoms. The number of pyridine rings is 1. The molecule has 1 aromatic heterocycles. The maximum atomic E-state index is 12.7. The first-order valence-electron chi connectivity index (χ1n) is 9.92. The number of ether oxygens (including phenoxy) is 2. The van der Waals surface area contributed by atoms with E-state index < -0.39 is 6.61 Å². The monoisotopic (exact) mass is 547 g/mol. The van der Waals surface area contributed by atoms with Crippen LogP contribution in [0.15, 0.2) is 47.6 Å². The van der Waals surface area contributed by atoms with Gasteiger partial charge in [0.2, 0.25) is 5.88 Å². The van der Waals surface area contributed by atoms with Crippen LogP contribution in [0.5, 0.6) is 11.6 Å². The Morgan fingerprint density at radius 3 is 2.84 bits per heavy atom. The molecular weight excluding hydrogens is 519 g/mol. The number of rotatable bonds is 8. The van der Waals surface area contributed by atoms with E-state index in [1.807, 2.05) is 30.0 Å². The molecule has 1 saturated heterocycles. The number of alkyl halides is 2. The lowest BCUT2D eigenvalue weighted by Crippen LogP contribution is -2.44. The third-order valence-corrected chi connectivity index (χ3v) is 4.75. The summed E-state index contributed by atoms with van der Waals surface area (Å²) >= 11 is 0. The van der Waals surface area contributed by atoms with Crippen molar-refractivity contribution in [1.82, 2.24) is 15.6 Å². The second kappa shape index (κ2) is 12.5. The van der Waals surface area contributed by atoms with Crippen molar-refractivity contribution in [3.05, 3.63) is 48.2 Å². The minimum absolute atomic E-state index is 0. The van der Waals surface area contributed by atoms with Crippen LogP contribution in [0.25, 0.3) is 0 Å². The summed E-state index contributed by atoms with van der Waals surface area (Å²) in [6, 6.07) is 10.8. The second-order valence-corrected chi connectivity index (χ2v) is 6.79. The number of aliphatic imine (C=N–C) groups is 1. The van der Waals surface area contributed by atoms with Crippen molar-refractivity contribution >= 4 is 35.6 Å². The first-order chi connectivity index (χ1) is 14.6. The minimum atomic E-state index is -2.85. The van der Waals surface area contributed by atoms with E-state index in [2.05, 4.69) is 25.3 Å². The molecule has 0 spiro atoms. The summed E-state index contributed by atoms with van der Waals surface area (Å²) in [6.45, 7) is 1.69. The standard InChI is InChI=1S/C21H27F2N5O2.HI/c1-3-24-21(26-13-15-7-6-11-25-19(15)29-2)27-16-10-12-28(14-16)17-8-4-5-9-18(17)30-20(22)23;/h4-9,11,16,20H,3,10,12-14H2,1-2H3,(H2,24,26,27);1H. The summed E-state index contributed by atoms with van der Waals surface area (Å²) in [5.74, 6) is 1.43. The van der Waals surface area contributed by atoms with E-state index in [-0.39, 0.29) is 35.8 Å². The molecule has 31 heavy (non-hydrogen) atoms. The van der Waals surface area contributed by atoms with Crippen molar-refractivity contribution in [3.8, 4) is 11.6 Å². The topological polar surface area (TPSA) is 71.0 Å². The summed E-state index contributed by atoms with van der Waals surface area (Å²) in [4.78, 5) is 10.9. The van der Waals surface area contributed by atoms with Crippen LogP contribution in [-0.4, -0.2) is 50.3 Å². The lowest BCUT2D eigenvalue weighted by Gasteiger charge is -2.22. The van der Waals surface area contributed by atoms with E-state index in [1.165, 1.54) is 0 Å². The highest BCUT2D eigenvalue weighted by molar-refractivity contribution is 14.0. The largest absolute Gasteiger partial charge is 0.481 e. The molecule has 1 unspecified atom stereocenters. The van der Waals surface area contributed by atoms with Gasteiger partial charge in [0.05, 0.1) is 19.3 Å². The quantitative estimate of drug-likeness (QED) is 0.299. The minimum Gasteiger partial charge on any atom is -0.481 e. The molecule has 0 radical (unpaired) electrons. The Labute approximate surface area is 198 Å². The highest BCUT2D eigenvalue weighted by Crippen LogP contribution is 2.31. The highest BCUT2D eigenvalue weighted by Gasteiger charge is 2.26. The number of hydrogen-bond donors (Lipinski definition) is 2. The van der Waals surface area contributed by atoms with Crippen LogP contribution in [0.2, 0.25) is 0 Å². The van der Waals surface area contributed by atoms with Crippen molar-refractivity contribution in [2.45, 2.75) is 32.5 Å². The smallest absolute Gasteiger partial charge is 0.387 e. The summed E-state index contributed by atoms with van der Waals surface area (Å²) < 4.78 is 35.4. The fourth-order valence-electron chi connectivity index (χ4n) is 3.42. The van der Waals surface area contributed by atoms with Crippen LogP contribution in [0.1, 0.15) is 18.9 Å². The highest BCUT2D eigenvalue weighted by atomic mass is 127. The van der Waals surface area contributed by atoms with Gasteiger partial charge in [0.25, 0.3) is 0 Å². The van der Waals surface area contributed by atoms with Crippen LogP contribution < -0.4 is 25.0 Å². The number of anilines is 1. The summed E-state index contributed by atoms with van der Waals surface area (Å²) in [6.07, 6.45) is 2.53. The molecule has 2 aromatic rings. The fourth-order valence-corrected chi connectivity index (χ4v) is 3.42. The predicted octanol–water partition coefficient (Wildman–Crippen LogP) is 3.64. The molecule has 170 valence electrons. The maximum absolute atomic E-state index is 12.7. The Kier molecular flexibility index (Phi) is 10.0. The van der Waals surface area contributed by atoms with Gasteiger partial charge >= 0.3 is 6.61 Å². The number of para-hydroxylation sites is 2. The van der Waals surface area contributed by atoms with Crippen LogP contribution in [0, 0.1) is 0 Å². The number of halogens is 3. The van der Waals surface area contributed by atoms with E-state index in [4.69, 9.17) is 4.74 Å². The Hall–Kier alpha value is -2.37. The lowest BCUT2D eigenvalue weighted by atomic mass is 10.2. The molecule has 0 amide bonds. The molecule has 0 aliphatic carbocycles. The third-order valence-electron chi connectivity index (χ3n) is 4.75. The molecule has 1 aliphatic rings. The zero-order chi connectivity index (χ0) is 21.3. The molecule has 3 rings (SSSR count). The van der Waals surface area contributed by atoms with Gasteiger partial charge in [-0.3, -0.25) is 0 Å². The normalized spacial score (nSPS) is 16.1. The van der Waals surface area contributed by atoms with Gasteiger partial charge in [-0.05, 0) is 31.5 Å². The average Bonchev–Trinajstić information content (AvgIpc) is 3.20. The maximum Gasteiger partial charge on any atom is 0.387 e. The Morgan fingerprint density at radius 1 is 1.29 bits per heavy atom. The van der Waals surface area contributed by atoms with E-state index in [1.54, 1.807) is 31.5 Å². The molecule has 1 aromatic carbocycles. The van der Waals surface area contributed by atoms with Crippen molar-refractivity contribution in [1.29, 1.82) is 0 Å². The summed E-state index contributed by atoms with van der Waals surface area (Å²) in [5, 5.41) is 6.68. The fraction of sp³-hybridized carbons (Fsp3) is 0.429. The number of methoxy groups -OCH3 is 1. The average molecular weight is 547 g/mol. The molecule has 2 heterocycles. The summed E-state index contributed by atoms with van der Waals surface area (Å²) in [7, 11) is 1.59. The number of guanidine groups is 1. The first-order valence-corrected chi connectivity index (χ1v) is 9.92. The SMILES string of the molecule is CCNC(=NCc1cccnc1OC)NC1CCN(c2ccccc2OC(F)F)C1.I. The third kappa shape index (κ3) is 7.08. The number of benzene rings is 1. The van der Waals surface area contributed by atoms with Crippen LogP contribution in [0.3, 0.4) is 0 Å². The van der Waals surface area contributed by atoms with E-state index in [9.17, 15) is 8.78 Å². The number of aromatic nitrogens is 1. The molecule has 0 bridgehead atoms. The first kappa shape index (κ1) is 24.9. The Bertz CT molecular complexity index is 856. The van der Waals surface area contributed by atoms with Gasteiger partial charge in [0.15, 0.2) is 5.96 Å². The number of nitrogens with one attached hydrogen (secondary N) is 2. The molecule has 2 N–H and O–H groups in total. The van der Waals surface area contributed by atoms with Gasteiger partial charge in [-0.2, -0.15) is 8.78 Å². The van der Waals surface area contributed by atoms with Gasteiger partial charge in [0.1, 0.15) is 5.75 Å². The van der Waals surface area contributed by atoms with Gasteiger partial charge in [-0.25, -0.2) is 9.98 Å². The molecular formula is C21H28F2IN5O2. The van der Waals surface area contributed by atoms with Gasteiger partial charge in [-0.15, -0.1) is 24.0 Å². The number of nitrogens with zero attached hydrogens (tertiary/aromatic N) is 3. The molecule has 0 saturated carbocycles. The van der Waals surface area contributed by atoms with Gasteiger partial charge in [0, 0.05) is 37.4 Å². The predicted molar refractivity (Wildman–Crippen MR) is 128 cm³/mol. The van der Waals surface area contributed by atoms with E-state index >= 15 is 0 Å². The Balaban J connectivity index is 0.00000341. The van der Waals surface area contributed by atoms with Crippen LogP contribution in [0.4, 0.5) is 14.5 Å². The van der Waals surface area contributed by atoms with Crippen molar-refractivity contribution < 1.29 is 18.3 Å². The van der Waals surface area contributed by atoms with Crippen molar-refractivity contribution in [3.63, 3.8) is 0 Å². The van der Waals surface area contributed by atoms with E-state index in [0.29, 0.717) is 30.6 Å². The second-order valence-electron chi connectivity index (χ2n) is 6.79. The molecule has 1 atom stereocenters. The molecule has 7 nitrogen and oxygen atoms in total. The van der Waals surface area contributed by atoms with Gasteiger partial charge in [-0.1, -0.05) is 18.2 Å². The van der Waals surface area contributed by atoms with Crippen molar-refractivity contribution in [2.75, 3.05) is 31.6 Å². The van der Waals surface area contributed by atoms with E-state index in [0.717, 1.165) is 25.1 Å². The lowest BCUT2D eigenvalue weighted by molar-refractivity contribution is -0.0495. The zero-order valence-electron chi connectivity index (χ0n) is 17.6.